The summed E-state index contributed by atoms with van der Waals surface area (Å²) in [4.78, 5) is 15.1. The molecule has 0 saturated carbocycles. The molecule has 3 aromatic carbocycles. The molecular weight excluding hydrogens is 426 g/mol. The Morgan fingerprint density at radius 2 is 1.75 bits per heavy atom. The van der Waals surface area contributed by atoms with Gasteiger partial charge in [-0.05, 0) is 49.4 Å². The van der Waals surface area contributed by atoms with Crippen LogP contribution in [0, 0.1) is 0 Å². The summed E-state index contributed by atoms with van der Waals surface area (Å²) in [7, 11) is -3.69. The number of nitrogens with zero attached hydrogens (tertiary/aromatic N) is 2. The van der Waals surface area contributed by atoms with E-state index < -0.39 is 10.0 Å². The zero-order valence-electron chi connectivity index (χ0n) is 17.4. The van der Waals surface area contributed by atoms with Crippen LogP contribution < -0.4 is 10.1 Å². The second-order valence-electron chi connectivity index (χ2n) is 7.84. The predicted molar refractivity (Wildman–Crippen MR) is 122 cm³/mol. The van der Waals surface area contributed by atoms with E-state index in [2.05, 4.69) is 9.71 Å². The van der Waals surface area contributed by atoms with E-state index >= 15 is 0 Å². The number of ether oxygens (including phenoxy) is 1. The Kier molecular flexibility index (Phi) is 4.94. The Labute approximate surface area is 186 Å². The molecule has 0 aliphatic carbocycles. The lowest BCUT2D eigenvalue weighted by Gasteiger charge is -2.22. The van der Waals surface area contributed by atoms with Crippen molar-refractivity contribution < 1.29 is 17.9 Å². The Hall–Kier alpha value is -3.65. The topological polar surface area (TPSA) is 88.1 Å². The smallest absolute Gasteiger partial charge is 0.285 e. The fourth-order valence-electron chi connectivity index (χ4n) is 3.95. The van der Waals surface area contributed by atoms with E-state index in [1.54, 1.807) is 47.4 Å². The molecule has 1 amide bonds. The van der Waals surface area contributed by atoms with E-state index in [4.69, 9.17) is 4.74 Å². The largest absolute Gasteiger partial charge is 0.489 e. The van der Waals surface area contributed by atoms with E-state index in [1.807, 2.05) is 31.2 Å². The third kappa shape index (κ3) is 3.73. The highest BCUT2D eigenvalue weighted by molar-refractivity contribution is 7.90. The number of benzene rings is 3. The SMILES string of the molecule is CC1CN(C(=O)c2ccc(NC3=NS(=O)(=O)c4ccccc43)cc2)Cc2ccccc2O1. The van der Waals surface area contributed by atoms with Gasteiger partial charge in [-0.3, -0.25) is 4.79 Å². The van der Waals surface area contributed by atoms with Gasteiger partial charge in [-0.1, -0.05) is 30.3 Å². The molecule has 7 nitrogen and oxygen atoms in total. The lowest BCUT2D eigenvalue weighted by molar-refractivity contribution is 0.0690. The Morgan fingerprint density at radius 3 is 2.56 bits per heavy atom. The van der Waals surface area contributed by atoms with Crippen molar-refractivity contribution >= 4 is 27.5 Å². The minimum atomic E-state index is -3.69. The van der Waals surface area contributed by atoms with Crippen LogP contribution in [0.1, 0.15) is 28.4 Å². The van der Waals surface area contributed by atoms with Crippen LogP contribution in [0.15, 0.2) is 82.1 Å². The van der Waals surface area contributed by atoms with Gasteiger partial charge in [0.1, 0.15) is 16.7 Å². The predicted octanol–water partition coefficient (Wildman–Crippen LogP) is 3.67. The minimum Gasteiger partial charge on any atom is -0.489 e. The molecule has 2 heterocycles. The van der Waals surface area contributed by atoms with Crippen molar-refractivity contribution in [3.63, 3.8) is 0 Å². The molecule has 1 N–H and O–H groups in total. The highest BCUT2D eigenvalue weighted by atomic mass is 32.2. The van der Waals surface area contributed by atoms with Crippen molar-refractivity contribution in [2.75, 3.05) is 11.9 Å². The zero-order valence-corrected chi connectivity index (χ0v) is 18.2. The average Bonchev–Trinajstić information content (AvgIpc) is 2.92. The number of amides is 1. The highest BCUT2D eigenvalue weighted by Crippen LogP contribution is 2.28. The Bertz CT molecular complexity index is 1330. The molecule has 0 radical (unpaired) electrons. The Morgan fingerprint density at radius 1 is 1.03 bits per heavy atom. The molecule has 32 heavy (non-hydrogen) atoms. The number of amidine groups is 1. The molecule has 0 saturated heterocycles. The summed E-state index contributed by atoms with van der Waals surface area (Å²) in [5.74, 6) is 0.993. The summed E-state index contributed by atoms with van der Waals surface area (Å²) in [6.45, 7) is 2.91. The van der Waals surface area contributed by atoms with Crippen LogP contribution in [-0.4, -0.2) is 37.7 Å². The maximum atomic E-state index is 13.2. The quantitative estimate of drug-likeness (QED) is 0.648. The molecule has 3 aromatic rings. The van der Waals surface area contributed by atoms with Gasteiger partial charge in [0, 0.05) is 28.9 Å². The van der Waals surface area contributed by atoms with Crippen molar-refractivity contribution in [2.24, 2.45) is 4.40 Å². The van der Waals surface area contributed by atoms with Gasteiger partial charge in [0.15, 0.2) is 5.84 Å². The molecule has 162 valence electrons. The summed E-state index contributed by atoms with van der Waals surface area (Å²) in [5.41, 5.74) is 2.70. The van der Waals surface area contributed by atoms with E-state index in [-0.39, 0.29) is 22.7 Å². The number of fused-ring (bicyclic) bond motifs is 2. The maximum Gasteiger partial charge on any atom is 0.285 e. The average molecular weight is 448 g/mol. The third-order valence-electron chi connectivity index (χ3n) is 5.45. The summed E-state index contributed by atoms with van der Waals surface area (Å²) in [5, 5.41) is 3.05. The molecular formula is C24H21N3O4S. The number of anilines is 1. The Balaban J connectivity index is 1.35. The van der Waals surface area contributed by atoms with Crippen molar-refractivity contribution in [3.05, 3.63) is 89.5 Å². The first-order valence-electron chi connectivity index (χ1n) is 10.3. The first kappa shape index (κ1) is 20.3. The molecule has 1 atom stereocenters. The van der Waals surface area contributed by atoms with E-state index in [1.165, 1.54) is 6.07 Å². The monoisotopic (exact) mass is 447 g/mol. The summed E-state index contributed by atoms with van der Waals surface area (Å²) in [6.07, 6.45) is -0.120. The van der Waals surface area contributed by atoms with Gasteiger partial charge < -0.3 is 15.0 Å². The summed E-state index contributed by atoms with van der Waals surface area (Å²) >= 11 is 0. The van der Waals surface area contributed by atoms with Crippen LogP contribution in [0.4, 0.5) is 5.69 Å². The number of nitrogens with one attached hydrogen (secondary N) is 1. The zero-order chi connectivity index (χ0) is 22.3. The number of carbonyl (C=O) groups is 1. The van der Waals surface area contributed by atoms with Crippen molar-refractivity contribution in [1.82, 2.24) is 4.90 Å². The summed E-state index contributed by atoms with van der Waals surface area (Å²) in [6, 6.07) is 21.4. The van der Waals surface area contributed by atoms with Crippen LogP contribution in [0.3, 0.4) is 0 Å². The molecule has 2 aliphatic heterocycles. The molecule has 0 aromatic heterocycles. The van der Waals surface area contributed by atoms with Gasteiger partial charge in [-0.15, -0.1) is 4.40 Å². The van der Waals surface area contributed by atoms with Crippen molar-refractivity contribution in [1.29, 1.82) is 0 Å². The standard InChI is InChI=1S/C24H21N3O4S/c1-16-14-27(15-18-6-2-4-8-21(18)31-16)24(28)17-10-12-19(13-11-17)25-23-20-7-3-5-9-22(20)32(29,30)26-23/h2-13,16H,14-15H2,1H3,(H,25,26). The van der Waals surface area contributed by atoms with Crippen LogP contribution in [0.2, 0.25) is 0 Å². The normalized spacial score (nSPS) is 18.6. The molecule has 0 fully saturated rings. The van der Waals surface area contributed by atoms with Gasteiger partial charge in [0.2, 0.25) is 0 Å². The van der Waals surface area contributed by atoms with Crippen molar-refractivity contribution in [2.45, 2.75) is 24.5 Å². The first-order chi connectivity index (χ1) is 15.4. The van der Waals surface area contributed by atoms with E-state index in [9.17, 15) is 13.2 Å². The van der Waals surface area contributed by atoms with Gasteiger partial charge in [0.25, 0.3) is 15.9 Å². The molecule has 0 spiro atoms. The number of carbonyl (C=O) groups excluding carboxylic acids is 1. The number of hydrogen-bond donors (Lipinski definition) is 1. The fraction of sp³-hybridized carbons (Fsp3) is 0.167. The second kappa shape index (κ2) is 7.80. The highest BCUT2D eigenvalue weighted by Gasteiger charge is 2.28. The maximum absolute atomic E-state index is 13.2. The van der Waals surface area contributed by atoms with Crippen LogP contribution >= 0.6 is 0 Å². The first-order valence-corrected chi connectivity index (χ1v) is 11.7. The number of sulfonamides is 1. The molecule has 1 unspecified atom stereocenters. The number of hydrogen-bond acceptors (Lipinski definition) is 5. The molecule has 0 bridgehead atoms. The van der Waals surface area contributed by atoms with Gasteiger partial charge in [-0.25, -0.2) is 0 Å². The minimum absolute atomic E-state index is 0.0881. The van der Waals surface area contributed by atoms with Crippen LogP contribution in [0.5, 0.6) is 5.75 Å². The van der Waals surface area contributed by atoms with Crippen LogP contribution in [-0.2, 0) is 16.6 Å². The fourth-order valence-corrected chi connectivity index (χ4v) is 5.13. The van der Waals surface area contributed by atoms with E-state index in [0.717, 1.165) is 11.3 Å². The number of rotatable bonds is 2. The van der Waals surface area contributed by atoms with Gasteiger partial charge in [0.05, 0.1) is 6.54 Å². The van der Waals surface area contributed by atoms with Gasteiger partial charge in [-0.2, -0.15) is 8.42 Å². The van der Waals surface area contributed by atoms with Crippen molar-refractivity contribution in [3.8, 4) is 5.75 Å². The lowest BCUT2D eigenvalue weighted by Crippen LogP contribution is -2.36. The molecule has 5 rings (SSSR count). The second-order valence-corrected chi connectivity index (χ2v) is 9.41. The molecule has 8 heteroatoms. The van der Waals surface area contributed by atoms with E-state index in [0.29, 0.717) is 29.9 Å². The third-order valence-corrected chi connectivity index (χ3v) is 6.79. The molecule has 2 aliphatic rings. The van der Waals surface area contributed by atoms with Gasteiger partial charge >= 0.3 is 0 Å². The number of para-hydroxylation sites is 1. The lowest BCUT2D eigenvalue weighted by atomic mass is 10.1. The summed E-state index contributed by atoms with van der Waals surface area (Å²) < 4.78 is 34.2. The van der Waals surface area contributed by atoms with Crippen LogP contribution in [0.25, 0.3) is 0 Å².